The first-order valence-corrected chi connectivity index (χ1v) is 10.5. The zero-order valence-corrected chi connectivity index (χ0v) is 18.0. The second-order valence-corrected chi connectivity index (χ2v) is 8.55. The number of rotatable bonds is 4. The van der Waals surface area contributed by atoms with Crippen LogP contribution in [0, 0.1) is 5.92 Å². The first-order chi connectivity index (χ1) is 12.1. The molecule has 1 saturated heterocycles. The molecule has 1 unspecified atom stereocenters. The van der Waals surface area contributed by atoms with E-state index in [2.05, 4.69) is 15.6 Å². The maximum absolute atomic E-state index is 11.6. The Morgan fingerprint density at radius 2 is 2.04 bits per heavy atom. The van der Waals surface area contributed by atoms with Gasteiger partial charge in [0.1, 0.15) is 0 Å². The lowest BCUT2D eigenvalue weighted by Gasteiger charge is -2.14. The average molecular weight is 495 g/mol. The third kappa shape index (κ3) is 5.90. The van der Waals surface area contributed by atoms with Gasteiger partial charge in [0.05, 0.1) is 24.7 Å². The maximum Gasteiger partial charge on any atom is 0.195 e. The van der Waals surface area contributed by atoms with Crippen molar-refractivity contribution < 1.29 is 17.9 Å². The van der Waals surface area contributed by atoms with E-state index in [4.69, 9.17) is 9.47 Å². The molecule has 0 spiro atoms. The molecule has 7 nitrogen and oxygen atoms in total. The number of fused-ring (bicyclic) bond motifs is 1. The average Bonchev–Trinajstić information content (AvgIpc) is 2.79. The van der Waals surface area contributed by atoms with Crippen LogP contribution in [-0.4, -0.2) is 52.2 Å². The van der Waals surface area contributed by atoms with Crippen LogP contribution in [0.15, 0.2) is 23.2 Å². The minimum Gasteiger partial charge on any atom is -0.490 e. The number of hydrogen-bond donors (Lipinski definition) is 2. The fourth-order valence-corrected chi connectivity index (χ4v) is 4.77. The molecule has 0 saturated carbocycles. The van der Waals surface area contributed by atoms with Gasteiger partial charge in [-0.25, -0.2) is 8.42 Å². The number of ether oxygens (including phenoxy) is 2. The second-order valence-electron chi connectivity index (χ2n) is 6.33. The van der Waals surface area contributed by atoms with Gasteiger partial charge < -0.3 is 20.1 Å². The molecule has 146 valence electrons. The molecule has 0 aromatic heterocycles. The van der Waals surface area contributed by atoms with E-state index in [1.165, 1.54) is 0 Å². The number of halogens is 1. The summed E-state index contributed by atoms with van der Waals surface area (Å²) in [7, 11) is -2.87. The zero-order chi connectivity index (χ0) is 17.7. The molecule has 3 rings (SSSR count). The molecule has 9 heteroatoms. The predicted molar refractivity (Wildman–Crippen MR) is 114 cm³/mol. The van der Waals surface area contributed by atoms with Crippen LogP contribution in [0.3, 0.4) is 0 Å². The Morgan fingerprint density at radius 1 is 1.27 bits per heavy atom. The molecule has 1 fully saturated rings. The molecular formula is C17H26IN3O4S. The van der Waals surface area contributed by atoms with Crippen molar-refractivity contribution in [2.24, 2.45) is 10.9 Å². The first kappa shape index (κ1) is 21.1. The minimum absolute atomic E-state index is 0. The quantitative estimate of drug-likeness (QED) is 0.379. The van der Waals surface area contributed by atoms with E-state index in [9.17, 15) is 8.42 Å². The second kappa shape index (κ2) is 9.63. The molecule has 1 aromatic rings. The van der Waals surface area contributed by atoms with Crippen LogP contribution in [0.4, 0.5) is 5.69 Å². The highest BCUT2D eigenvalue weighted by molar-refractivity contribution is 14.0. The van der Waals surface area contributed by atoms with E-state index in [-0.39, 0.29) is 41.4 Å². The number of hydrogen-bond acceptors (Lipinski definition) is 5. The van der Waals surface area contributed by atoms with Crippen molar-refractivity contribution in [2.75, 3.05) is 43.1 Å². The molecule has 0 amide bonds. The number of nitrogens with zero attached hydrogens (tertiary/aromatic N) is 1. The van der Waals surface area contributed by atoms with Gasteiger partial charge >= 0.3 is 0 Å². The molecule has 2 aliphatic heterocycles. The summed E-state index contributed by atoms with van der Waals surface area (Å²) in [5, 5.41) is 6.43. The zero-order valence-electron chi connectivity index (χ0n) is 14.9. The largest absolute Gasteiger partial charge is 0.490 e. The van der Waals surface area contributed by atoms with Crippen LogP contribution in [0.25, 0.3) is 0 Å². The van der Waals surface area contributed by atoms with Gasteiger partial charge in [-0.1, -0.05) is 0 Å². The summed E-state index contributed by atoms with van der Waals surface area (Å²) in [6, 6.07) is 5.70. The number of anilines is 1. The smallest absolute Gasteiger partial charge is 0.195 e. The SMILES string of the molecule is CCNC(=NCC1CCS(=O)(=O)C1)Nc1ccc2c(c1)OCCCO2.I. The number of guanidine groups is 1. The van der Waals surface area contributed by atoms with E-state index >= 15 is 0 Å². The van der Waals surface area contributed by atoms with Gasteiger partial charge in [-0.15, -0.1) is 24.0 Å². The number of aliphatic imine (C=N–C) groups is 1. The molecule has 1 atom stereocenters. The monoisotopic (exact) mass is 495 g/mol. The lowest BCUT2D eigenvalue weighted by atomic mass is 10.1. The van der Waals surface area contributed by atoms with Crippen LogP contribution in [0.5, 0.6) is 11.5 Å². The number of sulfone groups is 1. The molecule has 0 aliphatic carbocycles. The summed E-state index contributed by atoms with van der Waals surface area (Å²) < 4.78 is 34.5. The van der Waals surface area contributed by atoms with Crippen LogP contribution in [0.1, 0.15) is 19.8 Å². The van der Waals surface area contributed by atoms with Crippen molar-refractivity contribution in [3.63, 3.8) is 0 Å². The highest BCUT2D eigenvalue weighted by Crippen LogP contribution is 2.32. The van der Waals surface area contributed by atoms with E-state index in [0.717, 1.165) is 30.2 Å². The fourth-order valence-electron chi connectivity index (χ4n) is 2.92. The summed E-state index contributed by atoms with van der Waals surface area (Å²) in [6.45, 7) is 4.51. The first-order valence-electron chi connectivity index (χ1n) is 8.71. The summed E-state index contributed by atoms with van der Waals surface area (Å²) in [5.74, 6) is 2.73. The van der Waals surface area contributed by atoms with Crippen molar-refractivity contribution in [2.45, 2.75) is 19.8 Å². The van der Waals surface area contributed by atoms with Gasteiger partial charge in [0.25, 0.3) is 0 Å². The summed E-state index contributed by atoms with van der Waals surface area (Å²) >= 11 is 0. The minimum atomic E-state index is -2.87. The van der Waals surface area contributed by atoms with Crippen molar-refractivity contribution in [3.05, 3.63) is 18.2 Å². The molecule has 2 aliphatic rings. The lowest BCUT2D eigenvalue weighted by Crippen LogP contribution is -2.31. The number of benzene rings is 1. The molecule has 0 radical (unpaired) electrons. The van der Waals surface area contributed by atoms with Crippen LogP contribution in [0.2, 0.25) is 0 Å². The highest BCUT2D eigenvalue weighted by Gasteiger charge is 2.27. The van der Waals surface area contributed by atoms with E-state index in [1.807, 2.05) is 25.1 Å². The molecule has 2 heterocycles. The van der Waals surface area contributed by atoms with Crippen molar-refractivity contribution >= 4 is 45.5 Å². The fraction of sp³-hybridized carbons (Fsp3) is 0.588. The van der Waals surface area contributed by atoms with E-state index in [0.29, 0.717) is 32.1 Å². The Labute approximate surface area is 171 Å². The van der Waals surface area contributed by atoms with Crippen LogP contribution >= 0.6 is 24.0 Å². The van der Waals surface area contributed by atoms with Crippen molar-refractivity contribution in [1.29, 1.82) is 0 Å². The molecular weight excluding hydrogens is 469 g/mol. The van der Waals surface area contributed by atoms with Gasteiger partial charge in [-0.2, -0.15) is 0 Å². The summed E-state index contributed by atoms with van der Waals surface area (Å²) in [5.41, 5.74) is 0.850. The third-order valence-corrected chi connectivity index (χ3v) is 6.03. The Kier molecular flexibility index (Phi) is 7.81. The molecule has 0 bridgehead atoms. The van der Waals surface area contributed by atoms with Gasteiger partial charge in [0, 0.05) is 31.3 Å². The predicted octanol–water partition coefficient (Wildman–Crippen LogP) is 2.28. The van der Waals surface area contributed by atoms with E-state index < -0.39 is 9.84 Å². The molecule has 2 N–H and O–H groups in total. The van der Waals surface area contributed by atoms with Crippen LogP contribution in [-0.2, 0) is 9.84 Å². The van der Waals surface area contributed by atoms with Crippen molar-refractivity contribution in [1.82, 2.24) is 5.32 Å². The Bertz CT molecular complexity index is 740. The summed E-state index contributed by atoms with van der Waals surface area (Å²) in [4.78, 5) is 4.54. The third-order valence-electron chi connectivity index (χ3n) is 4.19. The standard InChI is InChI=1S/C17H25N3O4S.HI/c1-2-18-17(19-11-13-6-9-25(21,22)12-13)20-14-4-5-15-16(10-14)24-8-3-7-23-15;/h4-5,10,13H,2-3,6-9,11-12H2,1H3,(H2,18,19,20);1H. The summed E-state index contributed by atoms with van der Waals surface area (Å²) in [6.07, 6.45) is 1.56. The Hall–Kier alpha value is -1.23. The number of nitrogens with one attached hydrogen (secondary N) is 2. The molecule has 26 heavy (non-hydrogen) atoms. The topological polar surface area (TPSA) is 89.0 Å². The lowest BCUT2D eigenvalue weighted by molar-refractivity contribution is 0.297. The normalized spacial score (nSPS) is 21.4. The van der Waals surface area contributed by atoms with Gasteiger partial charge in [0.15, 0.2) is 27.3 Å². The van der Waals surface area contributed by atoms with Crippen LogP contribution < -0.4 is 20.1 Å². The van der Waals surface area contributed by atoms with Gasteiger partial charge in [0.2, 0.25) is 0 Å². The maximum atomic E-state index is 11.6. The van der Waals surface area contributed by atoms with Crippen molar-refractivity contribution in [3.8, 4) is 11.5 Å². The Morgan fingerprint density at radius 3 is 2.73 bits per heavy atom. The Balaban J connectivity index is 0.00000243. The molecule has 1 aromatic carbocycles. The van der Waals surface area contributed by atoms with E-state index in [1.54, 1.807) is 0 Å². The highest BCUT2D eigenvalue weighted by atomic mass is 127. The van der Waals surface area contributed by atoms with Gasteiger partial charge in [-0.3, -0.25) is 4.99 Å². The van der Waals surface area contributed by atoms with Gasteiger partial charge in [-0.05, 0) is 31.4 Å².